The average Bonchev–Trinajstić information content (AvgIpc) is 2.57. The summed E-state index contributed by atoms with van der Waals surface area (Å²) in [6.07, 6.45) is 1.86. The van der Waals surface area contributed by atoms with E-state index in [1.807, 2.05) is 12.3 Å². The van der Waals surface area contributed by atoms with Crippen molar-refractivity contribution in [1.82, 2.24) is 19.6 Å². The highest BCUT2D eigenvalue weighted by atomic mass is 16.3. The van der Waals surface area contributed by atoms with E-state index in [1.54, 1.807) is 18.2 Å². The molecule has 2 aromatic heterocycles. The van der Waals surface area contributed by atoms with E-state index < -0.39 is 5.60 Å². The van der Waals surface area contributed by atoms with E-state index in [1.165, 1.54) is 0 Å². The molecule has 2 rings (SSSR count). The lowest BCUT2D eigenvalue weighted by Gasteiger charge is -2.18. The first-order valence-electron chi connectivity index (χ1n) is 5.65. The van der Waals surface area contributed by atoms with Crippen LogP contribution < -0.4 is 0 Å². The largest absolute Gasteiger partial charge is 0.382 e. The summed E-state index contributed by atoms with van der Waals surface area (Å²) in [5.74, 6) is 1.02. The molecule has 2 aromatic rings. The summed E-state index contributed by atoms with van der Waals surface area (Å²) < 4.78 is 1.72. The summed E-state index contributed by atoms with van der Waals surface area (Å²) in [6.45, 7) is 9.65. The quantitative estimate of drug-likeness (QED) is 0.815. The van der Waals surface area contributed by atoms with E-state index in [0.717, 1.165) is 5.69 Å². The first kappa shape index (κ1) is 12.0. The molecule has 0 saturated heterocycles. The number of hydrogen-bond acceptors (Lipinski definition) is 4. The fourth-order valence-corrected chi connectivity index (χ4v) is 1.62. The highest BCUT2D eigenvalue weighted by molar-refractivity contribution is 5.32. The van der Waals surface area contributed by atoms with Crippen LogP contribution >= 0.6 is 0 Å². The third kappa shape index (κ3) is 2.15. The van der Waals surface area contributed by atoms with Crippen LogP contribution in [0.1, 0.15) is 46.1 Å². The molecule has 0 aliphatic carbocycles. The molecule has 92 valence electrons. The molecule has 0 fully saturated rings. The SMILES string of the molecule is CC(C)(C)c1ccn2c(C(C)(C)O)nnc2n1. The summed E-state index contributed by atoms with van der Waals surface area (Å²) in [7, 11) is 0. The maximum Gasteiger partial charge on any atom is 0.255 e. The molecular formula is C12H18N4O. The van der Waals surface area contributed by atoms with Crippen molar-refractivity contribution in [2.24, 2.45) is 0 Å². The van der Waals surface area contributed by atoms with Crippen molar-refractivity contribution in [1.29, 1.82) is 0 Å². The molecule has 0 aromatic carbocycles. The molecule has 0 unspecified atom stereocenters. The van der Waals surface area contributed by atoms with E-state index >= 15 is 0 Å². The molecule has 5 nitrogen and oxygen atoms in total. The van der Waals surface area contributed by atoms with E-state index in [0.29, 0.717) is 11.6 Å². The topological polar surface area (TPSA) is 63.3 Å². The Balaban J connectivity index is 2.61. The van der Waals surface area contributed by atoms with Crippen molar-refractivity contribution >= 4 is 5.78 Å². The predicted molar refractivity (Wildman–Crippen MR) is 64.7 cm³/mol. The summed E-state index contributed by atoms with van der Waals surface area (Å²) in [5, 5.41) is 17.9. The Kier molecular flexibility index (Phi) is 2.47. The molecule has 0 amide bonds. The lowest BCUT2D eigenvalue weighted by molar-refractivity contribution is 0.0676. The zero-order chi connectivity index (χ0) is 12.8. The van der Waals surface area contributed by atoms with Gasteiger partial charge in [-0.25, -0.2) is 4.98 Å². The number of rotatable bonds is 1. The first-order valence-corrected chi connectivity index (χ1v) is 5.65. The van der Waals surface area contributed by atoms with Crippen molar-refractivity contribution in [2.75, 3.05) is 0 Å². The summed E-state index contributed by atoms with van der Waals surface area (Å²) >= 11 is 0. The van der Waals surface area contributed by atoms with E-state index in [4.69, 9.17) is 0 Å². The minimum absolute atomic E-state index is 0.0252. The van der Waals surface area contributed by atoms with Crippen LogP contribution in [0.3, 0.4) is 0 Å². The van der Waals surface area contributed by atoms with Crippen LogP contribution in [0.25, 0.3) is 5.78 Å². The van der Waals surface area contributed by atoms with E-state index in [2.05, 4.69) is 36.0 Å². The molecule has 1 N–H and O–H groups in total. The maximum absolute atomic E-state index is 9.95. The third-order valence-corrected chi connectivity index (χ3v) is 2.60. The first-order chi connectivity index (χ1) is 7.69. The molecule has 0 radical (unpaired) electrons. The minimum atomic E-state index is -1.02. The fraction of sp³-hybridized carbons (Fsp3) is 0.583. The lowest BCUT2D eigenvalue weighted by Crippen LogP contribution is -2.20. The Hall–Kier alpha value is -1.49. The van der Waals surface area contributed by atoms with Crippen LogP contribution in [-0.4, -0.2) is 24.7 Å². The van der Waals surface area contributed by atoms with Crippen LogP contribution in [0.15, 0.2) is 12.3 Å². The van der Waals surface area contributed by atoms with Crippen LogP contribution in [0, 0.1) is 0 Å². The number of nitrogens with zero attached hydrogens (tertiary/aromatic N) is 4. The van der Waals surface area contributed by atoms with Gasteiger partial charge in [-0.2, -0.15) is 0 Å². The summed E-state index contributed by atoms with van der Waals surface area (Å²) in [5.41, 5.74) is -0.0906. The molecule has 0 bridgehead atoms. The number of hydrogen-bond donors (Lipinski definition) is 1. The minimum Gasteiger partial charge on any atom is -0.382 e. The van der Waals surface area contributed by atoms with Crippen molar-refractivity contribution < 1.29 is 5.11 Å². The Morgan fingerprint density at radius 1 is 1.12 bits per heavy atom. The third-order valence-electron chi connectivity index (χ3n) is 2.60. The summed E-state index contributed by atoms with van der Waals surface area (Å²) in [4.78, 5) is 4.46. The molecule has 5 heteroatoms. The van der Waals surface area contributed by atoms with Crippen LogP contribution in [0.5, 0.6) is 0 Å². The second kappa shape index (κ2) is 3.50. The van der Waals surface area contributed by atoms with Crippen LogP contribution in [-0.2, 0) is 11.0 Å². The molecule has 0 atom stereocenters. The normalized spacial score (nSPS) is 13.3. The van der Waals surface area contributed by atoms with Gasteiger partial charge in [-0.05, 0) is 19.9 Å². The standard InChI is InChI=1S/C12H18N4O/c1-11(2,3)8-6-7-16-9(12(4,5)17)14-15-10(16)13-8/h6-7,17H,1-5H3. The van der Waals surface area contributed by atoms with Gasteiger partial charge in [0.1, 0.15) is 5.60 Å². The Labute approximate surface area is 101 Å². The zero-order valence-corrected chi connectivity index (χ0v) is 10.9. The van der Waals surface area contributed by atoms with Gasteiger partial charge in [0.15, 0.2) is 5.82 Å². The number of aromatic nitrogens is 4. The molecule has 2 heterocycles. The maximum atomic E-state index is 9.95. The fourth-order valence-electron chi connectivity index (χ4n) is 1.62. The Morgan fingerprint density at radius 3 is 2.29 bits per heavy atom. The number of aliphatic hydroxyl groups is 1. The monoisotopic (exact) mass is 234 g/mol. The predicted octanol–water partition coefficient (Wildman–Crippen LogP) is 1.65. The van der Waals surface area contributed by atoms with Crippen molar-refractivity contribution in [3.63, 3.8) is 0 Å². The van der Waals surface area contributed by atoms with Gasteiger partial charge in [0, 0.05) is 11.6 Å². The Morgan fingerprint density at radius 2 is 1.76 bits per heavy atom. The Bertz CT molecular complexity index is 546. The van der Waals surface area contributed by atoms with Crippen LogP contribution in [0.4, 0.5) is 0 Å². The molecular weight excluding hydrogens is 216 g/mol. The number of fused-ring (bicyclic) bond motifs is 1. The van der Waals surface area contributed by atoms with Gasteiger partial charge in [0.2, 0.25) is 0 Å². The van der Waals surface area contributed by atoms with Crippen molar-refractivity contribution in [2.45, 2.75) is 45.6 Å². The molecule has 0 spiro atoms. The van der Waals surface area contributed by atoms with Gasteiger partial charge in [0.25, 0.3) is 5.78 Å². The highest BCUT2D eigenvalue weighted by Crippen LogP contribution is 2.22. The van der Waals surface area contributed by atoms with Crippen molar-refractivity contribution in [3.05, 3.63) is 23.8 Å². The van der Waals surface area contributed by atoms with Crippen molar-refractivity contribution in [3.8, 4) is 0 Å². The highest BCUT2D eigenvalue weighted by Gasteiger charge is 2.24. The van der Waals surface area contributed by atoms with Gasteiger partial charge >= 0.3 is 0 Å². The average molecular weight is 234 g/mol. The van der Waals surface area contributed by atoms with Gasteiger partial charge < -0.3 is 5.11 Å². The van der Waals surface area contributed by atoms with Crippen LogP contribution in [0.2, 0.25) is 0 Å². The zero-order valence-electron chi connectivity index (χ0n) is 10.9. The molecule has 0 aliphatic rings. The van der Waals surface area contributed by atoms with Gasteiger partial charge in [-0.15, -0.1) is 10.2 Å². The summed E-state index contributed by atoms with van der Waals surface area (Å²) in [6, 6.07) is 1.94. The van der Waals surface area contributed by atoms with E-state index in [-0.39, 0.29) is 5.41 Å². The van der Waals surface area contributed by atoms with Gasteiger partial charge in [-0.1, -0.05) is 20.8 Å². The van der Waals surface area contributed by atoms with Gasteiger partial charge in [-0.3, -0.25) is 4.40 Å². The second-order valence-corrected chi connectivity index (χ2v) is 5.82. The molecule has 17 heavy (non-hydrogen) atoms. The van der Waals surface area contributed by atoms with Gasteiger partial charge in [0.05, 0.1) is 5.69 Å². The second-order valence-electron chi connectivity index (χ2n) is 5.82. The van der Waals surface area contributed by atoms with E-state index in [9.17, 15) is 5.11 Å². The lowest BCUT2D eigenvalue weighted by atomic mass is 9.92. The smallest absolute Gasteiger partial charge is 0.255 e. The molecule has 0 saturated carbocycles. The molecule has 0 aliphatic heterocycles.